The van der Waals surface area contributed by atoms with Crippen molar-refractivity contribution in [3.63, 3.8) is 0 Å². The molecule has 16 nitrogen and oxygen atoms in total. The molecule has 0 saturated heterocycles. The Labute approximate surface area is 538 Å². The predicted molar refractivity (Wildman–Crippen MR) is 356 cm³/mol. The second-order valence-corrected chi connectivity index (χ2v) is 22.0. The molecule has 4 N–H and O–H groups in total. The van der Waals surface area contributed by atoms with E-state index in [0.29, 0.717) is 32.8 Å². The molecule has 0 fully saturated rings. The monoisotopic (exact) mass is 1230 g/mol. The molecule has 0 spiro atoms. The van der Waals surface area contributed by atoms with Crippen molar-refractivity contribution in [1.29, 1.82) is 0 Å². The van der Waals surface area contributed by atoms with Gasteiger partial charge < -0.3 is 29.6 Å². The Morgan fingerprint density at radius 3 is 0.871 bits per heavy atom. The quantitative estimate of drug-likeness (QED) is 0.0867. The molecule has 0 saturated carbocycles. The summed E-state index contributed by atoms with van der Waals surface area (Å²) >= 11 is 0. The van der Waals surface area contributed by atoms with Gasteiger partial charge in [-0.05, 0) is 72.8 Å². The van der Waals surface area contributed by atoms with Crippen LogP contribution in [0.2, 0.25) is 0 Å². The largest absolute Gasteiger partial charge is 0.481 e. The first-order valence-corrected chi connectivity index (χ1v) is 30.2. The zero-order chi connectivity index (χ0) is 65.4. The minimum Gasteiger partial charge on any atom is -0.481 e. The second kappa shape index (κ2) is 30.0. The van der Waals surface area contributed by atoms with Crippen molar-refractivity contribution in [3.05, 3.63) is 346 Å². The van der Waals surface area contributed by atoms with E-state index in [1.807, 2.05) is 0 Å². The molecule has 6 aromatic heterocycles. The van der Waals surface area contributed by atoms with Crippen LogP contribution in [0.4, 0.5) is 0 Å². The van der Waals surface area contributed by atoms with Crippen molar-refractivity contribution >= 4 is 57.6 Å². The molecule has 0 aliphatic carbocycles. The van der Waals surface area contributed by atoms with Crippen LogP contribution in [0.3, 0.4) is 0 Å². The van der Waals surface area contributed by atoms with Gasteiger partial charge in [-0.1, -0.05) is 121 Å². The van der Waals surface area contributed by atoms with Gasteiger partial charge in [-0.15, -0.1) is 0 Å². The van der Waals surface area contributed by atoms with E-state index in [4.69, 9.17) is 49.6 Å². The number of aromatic nitrogens is 6. The number of pyridine rings is 4. The molecule has 4 aromatic carbocycles. The summed E-state index contributed by atoms with van der Waals surface area (Å²) in [5, 5.41) is 31.8. The van der Waals surface area contributed by atoms with E-state index in [9.17, 15) is 0 Å². The Balaban J connectivity index is 0.000000534. The fourth-order valence-corrected chi connectivity index (χ4v) is 11.6. The smallest absolute Gasteiger partial charge is 0.300 e. The number of rotatable bonds is 12. The molecule has 93 heavy (non-hydrogen) atoms. The summed E-state index contributed by atoms with van der Waals surface area (Å²) in [6, 6.07) is 78.4. The summed E-state index contributed by atoms with van der Waals surface area (Å²) in [6.45, 7) is 7.56. The first-order valence-electron chi connectivity index (χ1n) is 30.2. The minimum atomic E-state index is -0.833. The van der Waals surface area contributed by atoms with Gasteiger partial charge in [0.1, 0.15) is 6.67 Å². The number of allylic oxidation sites excluding steroid dienone is 4. The molecule has 0 radical (unpaired) electrons. The van der Waals surface area contributed by atoms with Crippen LogP contribution in [0.1, 0.15) is 84.1 Å². The topological polar surface area (TPSA) is 199 Å². The van der Waals surface area contributed by atoms with Crippen LogP contribution in [0.25, 0.3) is 22.3 Å². The molecule has 4 aliphatic rings. The lowest BCUT2D eigenvalue weighted by molar-refractivity contribution is -0.690. The third kappa shape index (κ3) is 15.7. The number of carboxylic acid groups (broad SMARTS) is 4. The van der Waals surface area contributed by atoms with Gasteiger partial charge in [0.25, 0.3) is 23.9 Å². The molecule has 0 amide bonds. The van der Waals surface area contributed by atoms with Crippen LogP contribution in [0.15, 0.2) is 289 Å². The number of hydrogen-bond donors (Lipinski definition) is 4. The van der Waals surface area contributed by atoms with Gasteiger partial charge >= 0.3 is 0 Å². The summed E-state index contributed by atoms with van der Waals surface area (Å²) in [5.74, 6) is -3.33. The van der Waals surface area contributed by atoms with Gasteiger partial charge in [0.05, 0.1) is 67.2 Å². The highest BCUT2D eigenvalue weighted by atomic mass is 16.4. The number of benzene rings is 4. The molecule has 0 atom stereocenters. The Kier molecular flexibility index (Phi) is 20.6. The van der Waals surface area contributed by atoms with Gasteiger partial charge in [0.15, 0.2) is 51.0 Å². The fourth-order valence-electron chi connectivity index (χ4n) is 11.6. The van der Waals surface area contributed by atoms with E-state index in [0.717, 1.165) is 118 Å². The summed E-state index contributed by atoms with van der Waals surface area (Å²) in [4.78, 5) is 47.6. The second-order valence-electron chi connectivity index (χ2n) is 22.0. The normalized spacial score (nSPS) is 12.9. The van der Waals surface area contributed by atoms with Crippen molar-refractivity contribution in [2.75, 3.05) is 0 Å². The number of nitrogens with zero attached hydrogens (tertiary/aromatic N) is 8. The van der Waals surface area contributed by atoms with E-state index in [2.05, 4.69) is 295 Å². The molecule has 10 aromatic rings. The first kappa shape index (κ1) is 64.0. The van der Waals surface area contributed by atoms with Crippen molar-refractivity contribution in [1.82, 2.24) is 9.13 Å². The van der Waals surface area contributed by atoms with Gasteiger partial charge in [-0.2, -0.15) is 18.3 Å². The van der Waals surface area contributed by atoms with E-state index in [1.54, 1.807) is 0 Å². The summed E-state index contributed by atoms with van der Waals surface area (Å²) in [6.07, 6.45) is 17.8. The van der Waals surface area contributed by atoms with E-state index in [1.165, 1.54) is 22.3 Å². The highest BCUT2D eigenvalue weighted by molar-refractivity contribution is 6.31. The molecule has 0 unspecified atom stereocenters. The zero-order valence-electron chi connectivity index (χ0n) is 51.9. The number of aliphatic carboxylic acids is 4. The molecule has 16 heteroatoms. The van der Waals surface area contributed by atoms with Crippen molar-refractivity contribution in [2.45, 2.75) is 60.5 Å². The Bertz CT molecular complexity index is 4420. The predicted octanol–water partition coefficient (Wildman–Crippen LogP) is 9.47. The average molecular weight is 1240 g/mol. The third-order valence-corrected chi connectivity index (χ3v) is 15.1. The lowest BCUT2D eigenvalue weighted by atomic mass is 10.0. The van der Waals surface area contributed by atoms with Crippen LogP contribution in [0, 0.1) is 0 Å². The Morgan fingerprint density at radius 1 is 0.333 bits per heavy atom. The maximum atomic E-state index is 9.00. The lowest BCUT2D eigenvalue weighted by Gasteiger charge is -2.21. The molecule has 14 rings (SSSR count). The fraction of sp³-hybridized carbons (Fsp3) is 0.117. The maximum Gasteiger partial charge on any atom is 0.300 e. The zero-order valence-corrected chi connectivity index (χ0v) is 51.9. The molecular formula is C77H70N8O8+4. The van der Waals surface area contributed by atoms with Crippen LogP contribution in [-0.2, 0) is 52.0 Å². The first-order chi connectivity index (χ1) is 45.1. The van der Waals surface area contributed by atoms with E-state index < -0.39 is 23.9 Å². The van der Waals surface area contributed by atoms with Gasteiger partial charge in [0, 0.05) is 98.5 Å². The highest BCUT2D eigenvalue weighted by Crippen LogP contribution is 2.38. The summed E-state index contributed by atoms with van der Waals surface area (Å²) in [7, 11) is 0. The lowest BCUT2D eigenvalue weighted by Crippen LogP contribution is -2.44. The summed E-state index contributed by atoms with van der Waals surface area (Å²) in [5.41, 5.74) is 19.1. The van der Waals surface area contributed by atoms with Crippen LogP contribution >= 0.6 is 0 Å². The van der Waals surface area contributed by atoms with Crippen LogP contribution in [-0.4, -0.2) is 64.9 Å². The summed E-state index contributed by atoms with van der Waals surface area (Å²) < 4.78 is 14.6. The average Bonchev–Trinajstić information content (AvgIpc) is 1.58. The number of carbonyl (C=O) groups is 4. The standard InChI is InChI=1S/C69H54N8.4C2H4O2/c1-5-21-50(22-6-1)45-72-41-17-13-29-58(72)66-54-33-34-55(70-54)67(59-30-14-18-42-73(59)46-51-23-7-2-8-24-51)64-39-40-65-69(61-32-16-20-44-75(61)48-53-27-11-4-12-28-53)57-36-35-56(71-57)68(63-38-37-62(66)76(63)49-77(64)65)60-31-15-19-43-74(60)47-52-25-9-3-10-26-52;4*1-2(3)4/h1-44H,45-49H2;4*1H3,(H,3,4)/q+4;;;;. The number of fused-ring (bicyclic) bond motifs is 2. The van der Waals surface area contributed by atoms with E-state index >= 15 is 0 Å². The van der Waals surface area contributed by atoms with Crippen LogP contribution < -0.4 is 29.0 Å². The maximum absolute atomic E-state index is 9.00. The highest BCUT2D eigenvalue weighted by Gasteiger charge is 2.35. The molecule has 462 valence electrons. The Morgan fingerprint density at radius 2 is 0.591 bits per heavy atom. The third-order valence-electron chi connectivity index (χ3n) is 15.1. The number of carboxylic acids is 4. The SMILES string of the molecule is C1=CC2=C(c3cccc[n+]3Cc3ccccc3)c3ccc4n3Cn3c(ccc3=C(c3cccc[n+]3Cc3ccccc3)C3=NC(=C4c4cccc[n+]4Cc4ccccc4)C=C3)=C(c3cccc[n+]3Cc3ccccc3)C1=N2.CC(=O)O.CC(=O)O.CC(=O)O.CC(=O)O. The number of aliphatic imine (C=N–C) groups is 2. The van der Waals surface area contributed by atoms with Gasteiger partial charge in [-0.25, -0.2) is 9.98 Å². The molecule has 4 aliphatic heterocycles. The van der Waals surface area contributed by atoms with Crippen LogP contribution in [0.5, 0.6) is 0 Å². The molecule has 10 heterocycles. The van der Waals surface area contributed by atoms with Crippen molar-refractivity contribution in [3.8, 4) is 0 Å². The minimum absolute atomic E-state index is 0.477. The van der Waals surface area contributed by atoms with Crippen molar-refractivity contribution < 1.29 is 57.9 Å². The van der Waals surface area contributed by atoms with Gasteiger partial charge in [0.2, 0.25) is 22.8 Å². The molecular weight excluding hydrogens is 1160 g/mol. The van der Waals surface area contributed by atoms with E-state index in [-0.39, 0.29) is 0 Å². The molecule has 6 bridgehead atoms. The number of hydrogen-bond acceptors (Lipinski definition) is 6. The van der Waals surface area contributed by atoms with Crippen molar-refractivity contribution in [2.24, 2.45) is 9.98 Å². The van der Waals surface area contributed by atoms with Gasteiger partial charge in [-0.3, -0.25) is 19.2 Å². The Hall–Kier alpha value is -12.0.